The van der Waals surface area contributed by atoms with Crippen LogP contribution >= 0.6 is 0 Å². The molecule has 2 unspecified atom stereocenters. The van der Waals surface area contributed by atoms with Gasteiger partial charge in [0.1, 0.15) is 11.7 Å². The number of esters is 1. The lowest BCUT2D eigenvalue weighted by Gasteiger charge is -2.28. The zero-order valence-corrected chi connectivity index (χ0v) is 14.7. The largest absolute Gasteiger partial charge is 0.511 e. The average molecular weight is 350 g/mol. The highest BCUT2D eigenvalue weighted by atomic mass is 16.5. The Labute approximate surface area is 146 Å². The van der Waals surface area contributed by atoms with Crippen LogP contribution in [0.2, 0.25) is 0 Å². The van der Waals surface area contributed by atoms with Crippen LogP contribution in [0.1, 0.15) is 24.8 Å². The molecule has 0 amide bonds. The molecule has 1 aromatic carbocycles. The van der Waals surface area contributed by atoms with Crippen LogP contribution in [0.4, 0.5) is 0 Å². The van der Waals surface area contributed by atoms with E-state index >= 15 is 0 Å². The van der Waals surface area contributed by atoms with Crippen LogP contribution in [0.5, 0.6) is 17.2 Å². The van der Waals surface area contributed by atoms with Gasteiger partial charge >= 0.3 is 5.97 Å². The van der Waals surface area contributed by atoms with E-state index in [1.807, 2.05) is 0 Å². The predicted molar refractivity (Wildman–Crippen MR) is 89.3 cm³/mol. The van der Waals surface area contributed by atoms with Crippen molar-refractivity contribution in [3.63, 3.8) is 0 Å². The minimum absolute atomic E-state index is 0.0617. The Balaban J connectivity index is 2.55. The summed E-state index contributed by atoms with van der Waals surface area (Å²) in [5.74, 6) is -1.48. The number of ketones is 1. The van der Waals surface area contributed by atoms with E-state index in [1.165, 1.54) is 21.3 Å². The van der Waals surface area contributed by atoms with Crippen molar-refractivity contribution < 1.29 is 33.6 Å². The average Bonchev–Trinajstić information content (AvgIpc) is 2.59. The van der Waals surface area contributed by atoms with E-state index in [1.54, 1.807) is 19.1 Å². The molecule has 136 valence electrons. The molecule has 2 atom stereocenters. The summed E-state index contributed by atoms with van der Waals surface area (Å²) in [6.45, 7) is 1.86. The number of carbonyl (C=O) groups excluding carboxylic acids is 2. The molecular weight excluding hydrogens is 328 g/mol. The summed E-state index contributed by atoms with van der Waals surface area (Å²) in [5.41, 5.74) is 0.612. The minimum atomic E-state index is -0.958. The smallest absolute Gasteiger partial charge is 0.317 e. The second-order valence-electron chi connectivity index (χ2n) is 5.53. The normalized spacial score (nSPS) is 19.8. The maximum Gasteiger partial charge on any atom is 0.317 e. The van der Waals surface area contributed by atoms with Crippen molar-refractivity contribution in [2.24, 2.45) is 5.92 Å². The van der Waals surface area contributed by atoms with Gasteiger partial charge in [-0.3, -0.25) is 9.59 Å². The van der Waals surface area contributed by atoms with Crippen LogP contribution in [0, 0.1) is 5.92 Å². The molecule has 25 heavy (non-hydrogen) atoms. The molecule has 0 aliphatic heterocycles. The predicted octanol–water partition coefficient (Wildman–Crippen LogP) is 2.39. The van der Waals surface area contributed by atoms with E-state index in [0.717, 1.165) is 6.08 Å². The van der Waals surface area contributed by atoms with Gasteiger partial charge in [0.25, 0.3) is 0 Å². The first-order valence-corrected chi connectivity index (χ1v) is 7.86. The molecule has 0 fully saturated rings. The van der Waals surface area contributed by atoms with E-state index in [4.69, 9.17) is 18.9 Å². The molecule has 1 aliphatic carbocycles. The molecule has 1 aromatic rings. The minimum Gasteiger partial charge on any atom is -0.511 e. The second kappa shape index (κ2) is 7.92. The topological polar surface area (TPSA) is 91.3 Å². The third-order valence-electron chi connectivity index (χ3n) is 4.11. The number of rotatable bonds is 6. The van der Waals surface area contributed by atoms with Gasteiger partial charge in [-0.25, -0.2) is 0 Å². The SMILES string of the molecule is CCOC(=O)C1C(O)=CC(=O)CC1c1cc(OC)c(OC)c(OC)c1. The van der Waals surface area contributed by atoms with Gasteiger partial charge in [0, 0.05) is 18.4 Å². The van der Waals surface area contributed by atoms with E-state index in [2.05, 4.69) is 0 Å². The van der Waals surface area contributed by atoms with Crippen molar-refractivity contribution >= 4 is 11.8 Å². The zero-order valence-electron chi connectivity index (χ0n) is 14.7. The van der Waals surface area contributed by atoms with Crippen LogP contribution in [-0.4, -0.2) is 44.8 Å². The highest BCUT2D eigenvalue weighted by Crippen LogP contribution is 2.44. The third-order valence-corrected chi connectivity index (χ3v) is 4.11. The van der Waals surface area contributed by atoms with Crippen LogP contribution in [0.25, 0.3) is 0 Å². The van der Waals surface area contributed by atoms with Crippen LogP contribution in [0.3, 0.4) is 0 Å². The standard InChI is InChI=1S/C18H22O7/c1-5-25-18(21)16-12(8-11(19)9-13(16)20)10-6-14(22-2)17(24-4)15(7-10)23-3/h6-7,9,12,16,20H,5,8H2,1-4H3. The summed E-state index contributed by atoms with van der Waals surface area (Å²) in [5, 5.41) is 10.2. The molecule has 2 rings (SSSR count). The summed E-state index contributed by atoms with van der Waals surface area (Å²) in [6, 6.07) is 3.34. The van der Waals surface area contributed by atoms with Gasteiger partial charge in [-0.05, 0) is 24.6 Å². The molecule has 0 bridgehead atoms. The lowest BCUT2D eigenvalue weighted by molar-refractivity contribution is -0.148. The number of aliphatic hydroxyl groups is 1. The van der Waals surface area contributed by atoms with Crippen molar-refractivity contribution in [3.05, 3.63) is 29.5 Å². The molecule has 7 heteroatoms. The van der Waals surface area contributed by atoms with E-state index < -0.39 is 17.8 Å². The number of methoxy groups -OCH3 is 3. The maximum atomic E-state index is 12.3. The lowest BCUT2D eigenvalue weighted by atomic mass is 9.77. The number of benzene rings is 1. The zero-order chi connectivity index (χ0) is 18.6. The van der Waals surface area contributed by atoms with Gasteiger partial charge in [0.15, 0.2) is 17.3 Å². The summed E-state index contributed by atoms with van der Waals surface area (Å²) in [4.78, 5) is 24.2. The molecule has 0 spiro atoms. The number of aliphatic hydroxyl groups excluding tert-OH is 1. The Morgan fingerprint density at radius 2 is 1.76 bits per heavy atom. The van der Waals surface area contributed by atoms with Crippen molar-refractivity contribution in [2.75, 3.05) is 27.9 Å². The first-order chi connectivity index (χ1) is 12.0. The highest BCUT2D eigenvalue weighted by Gasteiger charge is 2.39. The van der Waals surface area contributed by atoms with Gasteiger partial charge in [-0.1, -0.05) is 0 Å². The molecule has 0 heterocycles. The van der Waals surface area contributed by atoms with Gasteiger partial charge in [0.05, 0.1) is 27.9 Å². The summed E-state index contributed by atoms with van der Waals surface area (Å²) in [7, 11) is 4.45. The van der Waals surface area contributed by atoms with Crippen molar-refractivity contribution in [2.45, 2.75) is 19.3 Å². The molecule has 0 aromatic heterocycles. The Morgan fingerprint density at radius 3 is 2.24 bits per heavy atom. The number of hydrogen-bond donors (Lipinski definition) is 1. The number of hydrogen-bond acceptors (Lipinski definition) is 7. The molecule has 0 saturated heterocycles. The Kier molecular flexibility index (Phi) is 5.90. The van der Waals surface area contributed by atoms with Crippen LogP contribution in [-0.2, 0) is 14.3 Å². The first kappa shape index (κ1) is 18.6. The molecule has 0 saturated carbocycles. The summed E-state index contributed by atoms with van der Waals surface area (Å²) >= 11 is 0. The summed E-state index contributed by atoms with van der Waals surface area (Å²) in [6.07, 6.45) is 1.14. The van der Waals surface area contributed by atoms with Gasteiger partial charge in [-0.15, -0.1) is 0 Å². The Hall–Kier alpha value is -2.70. The molecule has 7 nitrogen and oxygen atoms in total. The monoisotopic (exact) mass is 350 g/mol. The fraction of sp³-hybridized carbons (Fsp3) is 0.444. The van der Waals surface area contributed by atoms with Crippen molar-refractivity contribution in [1.82, 2.24) is 0 Å². The van der Waals surface area contributed by atoms with Gasteiger partial charge in [0.2, 0.25) is 5.75 Å². The van der Waals surface area contributed by atoms with Crippen molar-refractivity contribution in [1.29, 1.82) is 0 Å². The summed E-state index contributed by atoms with van der Waals surface area (Å²) < 4.78 is 21.0. The van der Waals surface area contributed by atoms with Crippen LogP contribution in [0.15, 0.2) is 24.0 Å². The first-order valence-electron chi connectivity index (χ1n) is 7.86. The Morgan fingerprint density at radius 1 is 1.16 bits per heavy atom. The van der Waals surface area contributed by atoms with E-state index in [-0.39, 0.29) is 24.6 Å². The van der Waals surface area contributed by atoms with E-state index in [0.29, 0.717) is 22.8 Å². The van der Waals surface area contributed by atoms with Gasteiger partial charge in [-0.2, -0.15) is 0 Å². The molecule has 1 N–H and O–H groups in total. The maximum absolute atomic E-state index is 12.3. The fourth-order valence-corrected chi connectivity index (χ4v) is 3.00. The number of carbonyl (C=O) groups is 2. The number of allylic oxidation sites excluding steroid dienone is 1. The molecule has 0 radical (unpaired) electrons. The second-order valence-corrected chi connectivity index (χ2v) is 5.53. The molecular formula is C18H22O7. The molecule has 1 aliphatic rings. The van der Waals surface area contributed by atoms with Gasteiger partial charge < -0.3 is 24.1 Å². The number of ether oxygens (including phenoxy) is 4. The lowest BCUT2D eigenvalue weighted by Crippen LogP contribution is -2.31. The van der Waals surface area contributed by atoms with E-state index in [9.17, 15) is 14.7 Å². The third kappa shape index (κ3) is 3.70. The van der Waals surface area contributed by atoms with Crippen LogP contribution < -0.4 is 14.2 Å². The highest BCUT2D eigenvalue weighted by molar-refractivity contribution is 5.94. The fourth-order valence-electron chi connectivity index (χ4n) is 3.00. The van der Waals surface area contributed by atoms with Crippen molar-refractivity contribution in [3.8, 4) is 17.2 Å². The quantitative estimate of drug-likeness (QED) is 0.788. The Bertz CT molecular complexity index is 668.